The average molecular weight is 839 g/mol. The molecule has 8 aromatic rings. The van der Waals surface area contributed by atoms with Crippen molar-refractivity contribution in [2.75, 3.05) is 47.1 Å². The van der Waals surface area contributed by atoms with Gasteiger partial charge in [0.1, 0.15) is 35.3 Å². The molecular formula is C47H48F2N10O3. The summed E-state index contributed by atoms with van der Waals surface area (Å²) < 4.78 is 51.0. The van der Waals surface area contributed by atoms with Crippen LogP contribution < -0.4 is 19.5 Å². The molecule has 0 aliphatic carbocycles. The molecule has 0 spiro atoms. The molecule has 0 atom stereocenters. The van der Waals surface area contributed by atoms with Crippen LogP contribution in [0.3, 0.4) is 0 Å². The second-order valence-corrected chi connectivity index (χ2v) is 16.3. The van der Waals surface area contributed by atoms with Crippen LogP contribution in [-0.4, -0.2) is 91.5 Å². The van der Waals surface area contributed by atoms with Gasteiger partial charge in [-0.1, -0.05) is 0 Å². The number of benzene rings is 2. The summed E-state index contributed by atoms with van der Waals surface area (Å²) in [6.45, 7) is 4.22. The minimum atomic E-state index is -0.697. The van der Waals surface area contributed by atoms with E-state index in [9.17, 15) is 8.78 Å². The number of methoxy groups -OCH3 is 2. The number of fused-ring (bicyclic) bond motifs is 2. The number of aromatic amines is 2. The van der Waals surface area contributed by atoms with Crippen molar-refractivity contribution >= 4 is 22.1 Å². The first-order valence-electron chi connectivity index (χ1n) is 21.1. The minimum absolute atomic E-state index is 0.00957. The van der Waals surface area contributed by atoms with E-state index in [0.717, 1.165) is 119 Å². The summed E-state index contributed by atoms with van der Waals surface area (Å²) in [4.78, 5) is 18.2. The maximum atomic E-state index is 15.0. The van der Waals surface area contributed by atoms with Crippen molar-refractivity contribution < 1.29 is 23.0 Å². The summed E-state index contributed by atoms with van der Waals surface area (Å²) in [5.41, 5.74) is 8.34. The van der Waals surface area contributed by atoms with Crippen LogP contribution in [0.2, 0.25) is 0 Å². The van der Waals surface area contributed by atoms with Crippen molar-refractivity contribution in [1.29, 1.82) is 0 Å². The van der Waals surface area contributed by atoms with E-state index in [0.29, 0.717) is 24.8 Å². The van der Waals surface area contributed by atoms with Gasteiger partial charge in [0, 0.05) is 101 Å². The van der Waals surface area contributed by atoms with Crippen LogP contribution >= 0.6 is 0 Å². The first-order valence-corrected chi connectivity index (χ1v) is 21.1. The number of halogens is 2. The number of rotatable bonds is 13. The molecule has 8 heterocycles. The number of hydrogen-bond donors (Lipinski definition) is 3. The van der Waals surface area contributed by atoms with Gasteiger partial charge < -0.3 is 29.5 Å². The summed E-state index contributed by atoms with van der Waals surface area (Å²) in [6, 6.07) is 13.5. The summed E-state index contributed by atoms with van der Waals surface area (Å²) >= 11 is 0. The fourth-order valence-corrected chi connectivity index (χ4v) is 8.89. The Labute approximate surface area is 357 Å². The van der Waals surface area contributed by atoms with Gasteiger partial charge in [0.25, 0.3) is 0 Å². The highest BCUT2D eigenvalue weighted by Crippen LogP contribution is 2.33. The van der Waals surface area contributed by atoms with Gasteiger partial charge in [-0.25, -0.2) is 18.7 Å². The largest absolute Gasteiger partial charge is 0.497 e. The molecule has 318 valence electrons. The van der Waals surface area contributed by atoms with Gasteiger partial charge >= 0.3 is 0 Å². The molecule has 0 unspecified atom stereocenters. The van der Waals surface area contributed by atoms with Gasteiger partial charge in [-0.15, -0.1) is 0 Å². The summed E-state index contributed by atoms with van der Waals surface area (Å²) in [7, 11) is 3.05. The number of likely N-dealkylation sites (tertiary alicyclic amines) is 1. The molecule has 15 heteroatoms. The zero-order chi connectivity index (χ0) is 42.2. The van der Waals surface area contributed by atoms with Crippen molar-refractivity contribution in [2.45, 2.75) is 50.6 Å². The molecule has 3 N–H and O–H groups in total. The second-order valence-electron chi connectivity index (χ2n) is 16.3. The Morgan fingerprint density at radius 2 is 1.29 bits per heavy atom. The maximum absolute atomic E-state index is 15.0. The summed E-state index contributed by atoms with van der Waals surface area (Å²) in [6.07, 6.45) is 20.2. The molecule has 2 saturated heterocycles. The number of hydrogen-bond acceptors (Lipinski definition) is 9. The van der Waals surface area contributed by atoms with Crippen LogP contribution in [0.25, 0.3) is 44.3 Å². The predicted octanol–water partition coefficient (Wildman–Crippen LogP) is 8.24. The molecule has 0 radical (unpaired) electrons. The topological polar surface area (TPSA) is 136 Å². The van der Waals surface area contributed by atoms with Gasteiger partial charge in [0.2, 0.25) is 0 Å². The quantitative estimate of drug-likeness (QED) is 0.105. The van der Waals surface area contributed by atoms with Crippen molar-refractivity contribution in [3.8, 4) is 39.5 Å². The van der Waals surface area contributed by atoms with Crippen LogP contribution in [0.5, 0.6) is 17.2 Å². The number of nitrogens with one attached hydrogen (secondary N) is 3. The third kappa shape index (κ3) is 8.00. The highest BCUT2D eigenvalue weighted by Gasteiger charge is 2.23. The molecule has 62 heavy (non-hydrogen) atoms. The molecule has 6 aromatic heterocycles. The fourth-order valence-electron chi connectivity index (χ4n) is 8.89. The van der Waals surface area contributed by atoms with E-state index in [1.54, 1.807) is 19.5 Å². The zero-order valence-corrected chi connectivity index (χ0v) is 34.7. The van der Waals surface area contributed by atoms with Crippen molar-refractivity contribution in [3.63, 3.8) is 0 Å². The highest BCUT2D eigenvalue weighted by atomic mass is 19.1. The zero-order valence-electron chi connectivity index (χ0n) is 34.7. The maximum Gasteiger partial charge on any atom is 0.171 e. The van der Waals surface area contributed by atoms with Gasteiger partial charge in [-0.05, 0) is 98.3 Å². The lowest BCUT2D eigenvalue weighted by atomic mass is 10.0. The third-order valence-electron chi connectivity index (χ3n) is 12.4. The Bertz CT molecular complexity index is 2850. The van der Waals surface area contributed by atoms with Crippen LogP contribution in [0.4, 0.5) is 8.78 Å². The Morgan fingerprint density at radius 3 is 1.92 bits per heavy atom. The Hall–Kier alpha value is -6.58. The highest BCUT2D eigenvalue weighted by molar-refractivity contribution is 5.86. The van der Waals surface area contributed by atoms with Crippen LogP contribution in [0.1, 0.15) is 60.0 Å². The first kappa shape index (κ1) is 39.5. The van der Waals surface area contributed by atoms with Crippen molar-refractivity contribution in [1.82, 2.24) is 49.7 Å². The van der Waals surface area contributed by atoms with E-state index < -0.39 is 11.6 Å². The summed E-state index contributed by atoms with van der Waals surface area (Å²) in [5.74, 6) is 0.203. The molecule has 2 fully saturated rings. The molecular weight excluding hydrogens is 791 g/mol. The molecule has 0 saturated carbocycles. The van der Waals surface area contributed by atoms with E-state index in [-0.39, 0.29) is 23.8 Å². The van der Waals surface area contributed by atoms with Gasteiger partial charge in [0.15, 0.2) is 11.6 Å². The minimum Gasteiger partial charge on any atom is -0.497 e. The van der Waals surface area contributed by atoms with E-state index in [4.69, 9.17) is 29.4 Å². The Morgan fingerprint density at radius 1 is 0.677 bits per heavy atom. The van der Waals surface area contributed by atoms with E-state index in [2.05, 4.69) is 60.4 Å². The Balaban J connectivity index is 0.768. The average Bonchev–Trinajstić information content (AvgIpc) is 4.15. The molecule has 10 rings (SSSR count). The monoisotopic (exact) mass is 838 g/mol. The fraction of sp³-hybridized carbons (Fsp3) is 0.319. The lowest BCUT2D eigenvalue weighted by Gasteiger charge is -2.31. The van der Waals surface area contributed by atoms with Crippen LogP contribution in [0.15, 0.2) is 92.0 Å². The van der Waals surface area contributed by atoms with E-state index in [1.807, 2.05) is 41.6 Å². The summed E-state index contributed by atoms with van der Waals surface area (Å²) in [5, 5.41) is 14.8. The van der Waals surface area contributed by atoms with Crippen molar-refractivity contribution in [2.24, 2.45) is 0 Å². The molecule has 2 aliphatic rings. The molecule has 2 aliphatic heterocycles. The molecule has 0 amide bonds. The normalized spacial score (nSPS) is 15.5. The standard InChI is InChI=1S/C47H48F2N10O3/c1-60-38-14-29(13-32-22-53-46-40(32)16-30(20-51-46)34-24-55-58(26-34)36-5-9-50-10-6-36)15-39(19-38)62-28-57-11-7-37(8-12-57)59-27-35(25-56-59)31-17-41-33(23-54-47(41)52-21-31)18-42-43(48)3-4-44(61-2)45(42)49/h3-4,14-17,19-27,36-37,50H,5-13,18,28H2,1-2H3,(H,51,53)(H,52,54). The number of aromatic nitrogens is 8. The predicted molar refractivity (Wildman–Crippen MR) is 233 cm³/mol. The van der Waals surface area contributed by atoms with Crippen LogP contribution in [0, 0.1) is 11.6 Å². The number of nitrogens with zero attached hydrogens (tertiary/aromatic N) is 7. The SMILES string of the molecule is COc1cc(Cc2c[nH]c3ncc(-c4cnn(C5CCNCC5)c4)cc23)cc(OCN2CCC(n3cc(-c4cnc5[nH]cc(Cc6c(F)ccc(OC)c6F)c5c4)cn3)CC2)c1. The van der Waals surface area contributed by atoms with Crippen molar-refractivity contribution in [3.05, 3.63) is 126 Å². The van der Waals surface area contributed by atoms with Gasteiger partial charge in [-0.2, -0.15) is 10.2 Å². The number of piperidine rings is 2. The lowest BCUT2D eigenvalue weighted by Crippen LogP contribution is -2.37. The smallest absolute Gasteiger partial charge is 0.171 e. The Kier molecular flexibility index (Phi) is 10.9. The molecule has 13 nitrogen and oxygen atoms in total. The van der Waals surface area contributed by atoms with Crippen LogP contribution in [-0.2, 0) is 12.8 Å². The number of ether oxygens (including phenoxy) is 3. The lowest BCUT2D eigenvalue weighted by molar-refractivity contribution is 0.0875. The number of H-pyrrole nitrogens is 2. The number of pyridine rings is 2. The first-order chi connectivity index (χ1) is 30.4. The van der Waals surface area contributed by atoms with Gasteiger partial charge in [-0.3, -0.25) is 14.3 Å². The van der Waals surface area contributed by atoms with Gasteiger partial charge in [0.05, 0.1) is 38.7 Å². The second kappa shape index (κ2) is 17.1. The van der Waals surface area contributed by atoms with E-state index in [1.165, 1.54) is 19.2 Å². The molecule has 0 bridgehead atoms. The third-order valence-corrected chi connectivity index (χ3v) is 12.4. The molecule has 2 aromatic carbocycles. The van der Waals surface area contributed by atoms with E-state index >= 15 is 0 Å².